The van der Waals surface area contributed by atoms with Gasteiger partial charge in [0.1, 0.15) is 0 Å². The van der Waals surface area contributed by atoms with E-state index in [1.54, 1.807) is 4.90 Å². The molecule has 0 aromatic heterocycles. The van der Waals surface area contributed by atoms with Gasteiger partial charge in [-0.2, -0.15) is 0 Å². The predicted octanol–water partition coefficient (Wildman–Crippen LogP) is 1.99. The third kappa shape index (κ3) is 4.02. The molecule has 0 aromatic carbocycles. The van der Waals surface area contributed by atoms with E-state index < -0.39 is 5.97 Å². The van der Waals surface area contributed by atoms with Crippen molar-refractivity contribution >= 4 is 11.9 Å². The summed E-state index contributed by atoms with van der Waals surface area (Å²) in [5.74, 6) is -0.611. The smallest absolute Gasteiger partial charge is 0.306 e. The third-order valence-electron chi connectivity index (χ3n) is 3.39. The van der Waals surface area contributed by atoms with Crippen molar-refractivity contribution in [3.8, 4) is 0 Å². The van der Waals surface area contributed by atoms with Crippen LogP contribution < -0.4 is 0 Å². The van der Waals surface area contributed by atoms with Crippen molar-refractivity contribution in [3.05, 3.63) is 0 Å². The Morgan fingerprint density at radius 3 is 2.41 bits per heavy atom. The van der Waals surface area contributed by atoms with Crippen molar-refractivity contribution in [2.75, 3.05) is 13.6 Å². The molecule has 0 spiro atoms. The summed E-state index contributed by atoms with van der Waals surface area (Å²) in [6, 6.07) is 0. The van der Waals surface area contributed by atoms with Gasteiger partial charge in [0.25, 0.3) is 0 Å². The van der Waals surface area contributed by atoms with E-state index in [0.29, 0.717) is 18.8 Å². The van der Waals surface area contributed by atoms with Crippen LogP contribution in [0.2, 0.25) is 0 Å². The molecule has 0 aromatic rings. The minimum atomic E-state index is -0.756. The summed E-state index contributed by atoms with van der Waals surface area (Å²) < 4.78 is 0. The maximum absolute atomic E-state index is 12.1. The van der Waals surface area contributed by atoms with E-state index in [4.69, 9.17) is 5.11 Å². The zero-order valence-corrected chi connectivity index (χ0v) is 11.0. The molecule has 1 rings (SSSR count). The van der Waals surface area contributed by atoms with Crippen molar-refractivity contribution in [2.24, 2.45) is 17.8 Å². The number of carbonyl (C=O) groups is 2. The quantitative estimate of drug-likeness (QED) is 0.819. The fraction of sp³-hybridized carbons (Fsp3) is 0.846. The molecule has 1 fully saturated rings. The SMILES string of the molecule is CC(C)CN(C)C(=O)C1CCCC(C(=O)O)C1. The highest BCUT2D eigenvalue weighted by Gasteiger charge is 2.32. The molecule has 98 valence electrons. The summed E-state index contributed by atoms with van der Waals surface area (Å²) in [5, 5.41) is 9.00. The summed E-state index contributed by atoms with van der Waals surface area (Å²) in [4.78, 5) is 24.8. The first-order valence-corrected chi connectivity index (χ1v) is 6.39. The van der Waals surface area contributed by atoms with Gasteiger partial charge in [-0.15, -0.1) is 0 Å². The summed E-state index contributed by atoms with van der Waals surface area (Å²) in [6.07, 6.45) is 2.91. The van der Waals surface area contributed by atoms with Gasteiger partial charge in [0, 0.05) is 19.5 Å². The standard InChI is InChI=1S/C13H23NO3/c1-9(2)8-14(3)12(15)10-5-4-6-11(7-10)13(16)17/h9-11H,4-8H2,1-3H3,(H,16,17). The van der Waals surface area contributed by atoms with Crippen molar-refractivity contribution in [3.63, 3.8) is 0 Å². The average Bonchev–Trinajstić information content (AvgIpc) is 2.27. The number of aliphatic carboxylic acids is 1. The number of amides is 1. The zero-order chi connectivity index (χ0) is 13.0. The summed E-state index contributed by atoms with van der Waals surface area (Å²) >= 11 is 0. The van der Waals surface area contributed by atoms with E-state index >= 15 is 0 Å². The first-order valence-electron chi connectivity index (χ1n) is 6.39. The Labute approximate surface area is 103 Å². The number of hydrogen-bond donors (Lipinski definition) is 1. The topological polar surface area (TPSA) is 57.6 Å². The molecule has 0 heterocycles. The van der Waals surface area contributed by atoms with Gasteiger partial charge in [-0.3, -0.25) is 9.59 Å². The first kappa shape index (κ1) is 14.0. The minimum absolute atomic E-state index is 0.0893. The van der Waals surface area contributed by atoms with Crippen molar-refractivity contribution in [2.45, 2.75) is 39.5 Å². The Kier molecular flexibility index (Phi) is 4.97. The summed E-state index contributed by atoms with van der Waals surface area (Å²) in [6.45, 7) is 4.89. The van der Waals surface area contributed by atoms with E-state index in [1.807, 2.05) is 7.05 Å². The fourth-order valence-corrected chi connectivity index (χ4v) is 2.59. The second-order valence-corrected chi connectivity index (χ2v) is 5.51. The molecular formula is C13H23NO3. The molecule has 17 heavy (non-hydrogen) atoms. The molecule has 0 radical (unpaired) electrons. The average molecular weight is 241 g/mol. The Balaban J connectivity index is 2.54. The predicted molar refractivity (Wildman–Crippen MR) is 65.6 cm³/mol. The molecule has 0 saturated heterocycles. The van der Waals surface area contributed by atoms with Gasteiger partial charge < -0.3 is 10.0 Å². The maximum Gasteiger partial charge on any atom is 0.306 e. The van der Waals surface area contributed by atoms with Crippen LogP contribution in [0.1, 0.15) is 39.5 Å². The van der Waals surface area contributed by atoms with E-state index in [2.05, 4.69) is 13.8 Å². The molecule has 1 aliphatic rings. The van der Waals surface area contributed by atoms with Crippen LogP contribution in [0.25, 0.3) is 0 Å². The van der Waals surface area contributed by atoms with E-state index in [0.717, 1.165) is 19.4 Å². The van der Waals surface area contributed by atoms with Crippen LogP contribution in [-0.2, 0) is 9.59 Å². The molecular weight excluding hydrogens is 218 g/mol. The Morgan fingerprint density at radius 1 is 1.29 bits per heavy atom. The lowest BCUT2D eigenvalue weighted by molar-refractivity contribution is -0.145. The Bertz CT molecular complexity index is 288. The van der Waals surface area contributed by atoms with Gasteiger partial charge in [0.2, 0.25) is 5.91 Å². The summed E-state index contributed by atoms with van der Waals surface area (Å²) in [5.41, 5.74) is 0. The molecule has 1 aliphatic carbocycles. The Hall–Kier alpha value is -1.06. The molecule has 4 nitrogen and oxygen atoms in total. The largest absolute Gasteiger partial charge is 0.481 e. The van der Waals surface area contributed by atoms with Gasteiger partial charge >= 0.3 is 5.97 Å². The van der Waals surface area contributed by atoms with E-state index in [-0.39, 0.29) is 17.7 Å². The summed E-state index contributed by atoms with van der Waals surface area (Å²) in [7, 11) is 1.81. The van der Waals surface area contributed by atoms with Crippen LogP contribution in [0.5, 0.6) is 0 Å². The molecule has 4 heteroatoms. The van der Waals surface area contributed by atoms with Gasteiger partial charge in [0.15, 0.2) is 0 Å². The first-order chi connectivity index (χ1) is 7.91. The van der Waals surface area contributed by atoms with Crippen LogP contribution in [0.4, 0.5) is 0 Å². The van der Waals surface area contributed by atoms with Gasteiger partial charge in [0.05, 0.1) is 5.92 Å². The molecule has 1 saturated carbocycles. The van der Waals surface area contributed by atoms with E-state index in [1.165, 1.54) is 0 Å². The van der Waals surface area contributed by atoms with Gasteiger partial charge in [-0.1, -0.05) is 20.3 Å². The Morgan fingerprint density at radius 2 is 1.88 bits per heavy atom. The number of nitrogens with zero attached hydrogens (tertiary/aromatic N) is 1. The second kappa shape index (κ2) is 6.03. The molecule has 1 N–H and O–H groups in total. The maximum atomic E-state index is 12.1. The lowest BCUT2D eigenvalue weighted by atomic mass is 9.80. The molecule has 0 bridgehead atoms. The number of carboxylic acid groups (broad SMARTS) is 1. The highest BCUT2D eigenvalue weighted by molar-refractivity contribution is 5.80. The van der Waals surface area contributed by atoms with Crippen LogP contribution in [0, 0.1) is 17.8 Å². The van der Waals surface area contributed by atoms with E-state index in [9.17, 15) is 9.59 Å². The van der Waals surface area contributed by atoms with Crippen molar-refractivity contribution < 1.29 is 14.7 Å². The highest BCUT2D eigenvalue weighted by atomic mass is 16.4. The van der Waals surface area contributed by atoms with Crippen molar-refractivity contribution in [1.29, 1.82) is 0 Å². The van der Waals surface area contributed by atoms with Crippen molar-refractivity contribution in [1.82, 2.24) is 4.90 Å². The molecule has 1 amide bonds. The van der Waals surface area contributed by atoms with Gasteiger partial charge in [-0.05, 0) is 25.2 Å². The zero-order valence-electron chi connectivity index (χ0n) is 11.0. The van der Waals surface area contributed by atoms with Crippen LogP contribution >= 0.6 is 0 Å². The molecule has 2 unspecified atom stereocenters. The number of hydrogen-bond acceptors (Lipinski definition) is 2. The number of carboxylic acids is 1. The monoisotopic (exact) mass is 241 g/mol. The molecule has 0 aliphatic heterocycles. The van der Waals surface area contributed by atoms with Crippen LogP contribution in [0.15, 0.2) is 0 Å². The fourth-order valence-electron chi connectivity index (χ4n) is 2.59. The highest BCUT2D eigenvalue weighted by Crippen LogP contribution is 2.30. The lowest BCUT2D eigenvalue weighted by Gasteiger charge is -2.30. The second-order valence-electron chi connectivity index (χ2n) is 5.51. The third-order valence-corrected chi connectivity index (χ3v) is 3.39. The number of carbonyl (C=O) groups excluding carboxylic acids is 1. The van der Waals surface area contributed by atoms with Crippen LogP contribution in [0.3, 0.4) is 0 Å². The number of rotatable bonds is 4. The van der Waals surface area contributed by atoms with Gasteiger partial charge in [-0.25, -0.2) is 0 Å². The lowest BCUT2D eigenvalue weighted by Crippen LogP contribution is -2.38. The van der Waals surface area contributed by atoms with Crippen LogP contribution in [-0.4, -0.2) is 35.5 Å². The minimum Gasteiger partial charge on any atom is -0.481 e. The normalized spacial score (nSPS) is 24.7. The molecule has 2 atom stereocenters.